The molecule has 1 fully saturated rings. The first-order valence-electron chi connectivity index (χ1n) is 8.50. The van der Waals surface area contributed by atoms with Crippen molar-refractivity contribution in [2.75, 3.05) is 46.9 Å². The summed E-state index contributed by atoms with van der Waals surface area (Å²) in [6.07, 6.45) is 4.19. The molecule has 2 rings (SSSR count). The van der Waals surface area contributed by atoms with Crippen LogP contribution in [0.1, 0.15) is 18.4 Å². The molecule has 1 aromatic rings. The van der Waals surface area contributed by atoms with Crippen LogP contribution in [0, 0.1) is 0 Å². The zero-order chi connectivity index (χ0) is 17.4. The molecule has 1 aliphatic rings. The lowest BCUT2D eigenvalue weighted by Crippen LogP contribution is -2.35. The fourth-order valence-electron chi connectivity index (χ4n) is 3.03. The van der Waals surface area contributed by atoms with Gasteiger partial charge < -0.3 is 14.4 Å². The zero-order valence-electron chi connectivity index (χ0n) is 14.8. The second-order valence-electron chi connectivity index (χ2n) is 6.01. The zero-order valence-corrected chi connectivity index (χ0v) is 14.8. The Bertz CT molecular complexity index is 560. The predicted octanol–water partition coefficient (Wildman–Crippen LogP) is 2.36. The van der Waals surface area contributed by atoms with Gasteiger partial charge in [-0.3, -0.25) is 9.69 Å². The van der Waals surface area contributed by atoms with Crippen molar-refractivity contribution in [2.45, 2.75) is 19.3 Å². The quantitative estimate of drug-likeness (QED) is 0.719. The summed E-state index contributed by atoms with van der Waals surface area (Å²) in [5.74, 6) is 1.64. The third kappa shape index (κ3) is 4.99. The number of hydrogen-bond donors (Lipinski definition) is 0. The van der Waals surface area contributed by atoms with Gasteiger partial charge in [0.1, 0.15) is 0 Å². The van der Waals surface area contributed by atoms with E-state index in [1.807, 2.05) is 29.2 Å². The molecule has 0 aliphatic carbocycles. The van der Waals surface area contributed by atoms with Crippen LogP contribution in [0.4, 0.5) is 0 Å². The first-order chi connectivity index (χ1) is 11.7. The van der Waals surface area contributed by atoms with Crippen molar-refractivity contribution in [3.8, 4) is 11.5 Å². The standard InChI is InChI=1S/C19H28N2O3/c1-4-10-20-11-5-12-21(14-13-20)19(22)9-7-16-6-8-17(23-2)18(15-16)24-3/h4,6,8,15H,1,5,7,9-14H2,2-3H3. The van der Waals surface area contributed by atoms with E-state index in [9.17, 15) is 4.79 Å². The van der Waals surface area contributed by atoms with Crippen LogP contribution in [0.5, 0.6) is 11.5 Å². The normalized spacial score (nSPS) is 15.7. The largest absolute Gasteiger partial charge is 0.493 e. The Morgan fingerprint density at radius 1 is 1.17 bits per heavy atom. The minimum atomic E-state index is 0.227. The van der Waals surface area contributed by atoms with E-state index in [2.05, 4.69) is 11.5 Å². The molecule has 0 bridgehead atoms. The lowest BCUT2D eigenvalue weighted by molar-refractivity contribution is -0.131. The van der Waals surface area contributed by atoms with Gasteiger partial charge in [0, 0.05) is 39.1 Å². The Labute approximate surface area is 144 Å². The maximum atomic E-state index is 12.5. The Kier molecular flexibility index (Phi) is 7.12. The van der Waals surface area contributed by atoms with Crippen molar-refractivity contribution in [1.29, 1.82) is 0 Å². The summed E-state index contributed by atoms with van der Waals surface area (Å²) in [6.45, 7) is 8.29. The van der Waals surface area contributed by atoms with Gasteiger partial charge in [-0.15, -0.1) is 6.58 Å². The number of carbonyl (C=O) groups is 1. The van der Waals surface area contributed by atoms with Crippen molar-refractivity contribution in [1.82, 2.24) is 9.80 Å². The number of methoxy groups -OCH3 is 2. The van der Waals surface area contributed by atoms with Crippen LogP contribution < -0.4 is 9.47 Å². The average Bonchev–Trinajstić information content (AvgIpc) is 2.85. The summed E-state index contributed by atoms with van der Waals surface area (Å²) in [7, 11) is 3.25. The van der Waals surface area contributed by atoms with Crippen LogP contribution in [-0.2, 0) is 11.2 Å². The molecule has 0 spiro atoms. The molecule has 0 unspecified atom stereocenters. The Morgan fingerprint density at radius 2 is 1.96 bits per heavy atom. The molecule has 5 heteroatoms. The highest BCUT2D eigenvalue weighted by atomic mass is 16.5. The molecule has 0 aromatic heterocycles. The van der Waals surface area contributed by atoms with E-state index < -0.39 is 0 Å². The number of amides is 1. The Hall–Kier alpha value is -2.01. The van der Waals surface area contributed by atoms with Crippen LogP contribution in [0.15, 0.2) is 30.9 Å². The number of hydrogen-bond acceptors (Lipinski definition) is 4. The first kappa shape index (κ1) is 18.3. The van der Waals surface area contributed by atoms with Crippen LogP contribution in [-0.4, -0.2) is 62.7 Å². The van der Waals surface area contributed by atoms with Gasteiger partial charge in [-0.05, 0) is 30.5 Å². The molecule has 1 aliphatic heterocycles. The third-order valence-corrected chi connectivity index (χ3v) is 4.40. The monoisotopic (exact) mass is 332 g/mol. The van der Waals surface area contributed by atoms with Gasteiger partial charge in [0.05, 0.1) is 14.2 Å². The van der Waals surface area contributed by atoms with Crippen LogP contribution >= 0.6 is 0 Å². The molecule has 1 amide bonds. The van der Waals surface area contributed by atoms with E-state index in [0.717, 1.165) is 44.7 Å². The van der Waals surface area contributed by atoms with Gasteiger partial charge in [-0.1, -0.05) is 12.1 Å². The van der Waals surface area contributed by atoms with Crippen molar-refractivity contribution >= 4 is 5.91 Å². The van der Waals surface area contributed by atoms with Crippen molar-refractivity contribution in [3.05, 3.63) is 36.4 Å². The fourth-order valence-corrected chi connectivity index (χ4v) is 3.03. The molecule has 0 radical (unpaired) electrons. The van der Waals surface area contributed by atoms with E-state index in [1.165, 1.54) is 0 Å². The summed E-state index contributed by atoms with van der Waals surface area (Å²) in [5.41, 5.74) is 1.09. The molecule has 0 atom stereocenters. The second kappa shape index (κ2) is 9.33. The molecule has 1 aromatic carbocycles. The van der Waals surface area contributed by atoms with Gasteiger partial charge in [0.15, 0.2) is 11.5 Å². The smallest absolute Gasteiger partial charge is 0.222 e. The van der Waals surface area contributed by atoms with Gasteiger partial charge in [-0.2, -0.15) is 0 Å². The van der Waals surface area contributed by atoms with E-state index in [0.29, 0.717) is 24.3 Å². The number of carbonyl (C=O) groups excluding carboxylic acids is 1. The van der Waals surface area contributed by atoms with Gasteiger partial charge in [0.2, 0.25) is 5.91 Å². The summed E-state index contributed by atoms with van der Waals surface area (Å²) in [6, 6.07) is 5.82. The number of aryl methyl sites for hydroxylation is 1. The second-order valence-corrected chi connectivity index (χ2v) is 6.01. The highest BCUT2D eigenvalue weighted by Gasteiger charge is 2.18. The van der Waals surface area contributed by atoms with Gasteiger partial charge in [0.25, 0.3) is 0 Å². The molecule has 132 valence electrons. The summed E-state index contributed by atoms with van der Waals surface area (Å²) in [4.78, 5) is 16.8. The third-order valence-electron chi connectivity index (χ3n) is 4.40. The maximum Gasteiger partial charge on any atom is 0.222 e. The summed E-state index contributed by atoms with van der Waals surface area (Å²) >= 11 is 0. The fraction of sp³-hybridized carbons (Fsp3) is 0.526. The minimum absolute atomic E-state index is 0.227. The van der Waals surface area contributed by atoms with E-state index in [-0.39, 0.29) is 5.91 Å². The van der Waals surface area contributed by atoms with Gasteiger partial charge >= 0.3 is 0 Å². The van der Waals surface area contributed by atoms with Crippen molar-refractivity contribution < 1.29 is 14.3 Å². The molecular weight excluding hydrogens is 304 g/mol. The topological polar surface area (TPSA) is 42.0 Å². The van der Waals surface area contributed by atoms with Crippen molar-refractivity contribution in [3.63, 3.8) is 0 Å². The average molecular weight is 332 g/mol. The highest BCUT2D eigenvalue weighted by molar-refractivity contribution is 5.76. The molecule has 24 heavy (non-hydrogen) atoms. The SMILES string of the molecule is C=CCN1CCCN(C(=O)CCc2ccc(OC)c(OC)c2)CC1. The van der Waals surface area contributed by atoms with Crippen molar-refractivity contribution in [2.24, 2.45) is 0 Å². The molecule has 5 nitrogen and oxygen atoms in total. The molecular formula is C19H28N2O3. The Morgan fingerprint density at radius 3 is 2.67 bits per heavy atom. The van der Waals surface area contributed by atoms with Gasteiger partial charge in [-0.25, -0.2) is 0 Å². The number of ether oxygens (including phenoxy) is 2. The predicted molar refractivity (Wildman–Crippen MR) is 95.7 cm³/mol. The first-order valence-corrected chi connectivity index (χ1v) is 8.50. The molecule has 1 heterocycles. The number of nitrogens with zero attached hydrogens (tertiary/aromatic N) is 2. The lowest BCUT2D eigenvalue weighted by atomic mass is 10.1. The summed E-state index contributed by atoms with van der Waals surface area (Å²) < 4.78 is 10.6. The van der Waals surface area contributed by atoms with Crippen LogP contribution in [0.3, 0.4) is 0 Å². The lowest BCUT2D eigenvalue weighted by Gasteiger charge is -2.21. The molecule has 1 saturated heterocycles. The van der Waals surface area contributed by atoms with Crippen LogP contribution in [0.25, 0.3) is 0 Å². The van der Waals surface area contributed by atoms with E-state index in [4.69, 9.17) is 9.47 Å². The number of rotatable bonds is 7. The molecule has 0 N–H and O–H groups in total. The van der Waals surface area contributed by atoms with Crippen LogP contribution in [0.2, 0.25) is 0 Å². The Balaban J connectivity index is 1.87. The highest BCUT2D eigenvalue weighted by Crippen LogP contribution is 2.28. The maximum absolute atomic E-state index is 12.5. The number of benzene rings is 1. The minimum Gasteiger partial charge on any atom is -0.493 e. The summed E-state index contributed by atoms with van der Waals surface area (Å²) in [5, 5.41) is 0. The van der Waals surface area contributed by atoms with E-state index >= 15 is 0 Å². The van der Waals surface area contributed by atoms with E-state index in [1.54, 1.807) is 14.2 Å². The molecule has 0 saturated carbocycles.